The standard InChI is InChI=1S/C8H7NO2/c1-2-7-3-5-8(6-4-7)9(10)11/h2-6H,1H2/i1D. The predicted molar refractivity (Wildman–Crippen MR) is 43.2 cm³/mol. The van der Waals surface area contributed by atoms with Gasteiger partial charge in [0.25, 0.3) is 5.69 Å². The molecular weight excluding hydrogens is 142 g/mol. The monoisotopic (exact) mass is 150 g/mol. The van der Waals surface area contributed by atoms with Gasteiger partial charge in [0.05, 0.1) is 6.29 Å². The molecule has 1 aromatic carbocycles. The Hall–Kier alpha value is -1.64. The fraction of sp³-hybridized carbons (Fsp3) is 0. The second-order valence-corrected chi connectivity index (χ2v) is 2.02. The molecular formula is C8H7NO2. The number of non-ortho nitro benzene ring substituents is 1. The maximum atomic E-state index is 10.2. The van der Waals surface area contributed by atoms with Gasteiger partial charge in [-0.05, 0) is 17.7 Å². The summed E-state index contributed by atoms with van der Waals surface area (Å²) < 4.78 is 6.76. The Bertz CT molecular complexity index is 305. The van der Waals surface area contributed by atoms with Crippen molar-refractivity contribution in [3.8, 4) is 0 Å². The van der Waals surface area contributed by atoms with E-state index in [9.17, 15) is 10.1 Å². The second kappa shape index (κ2) is 2.96. The molecule has 0 spiro atoms. The van der Waals surface area contributed by atoms with E-state index in [1.807, 2.05) is 0 Å². The van der Waals surface area contributed by atoms with E-state index < -0.39 is 4.92 Å². The molecule has 0 aliphatic carbocycles. The molecule has 1 rings (SSSR count). The maximum absolute atomic E-state index is 10.2. The number of rotatable bonds is 2. The summed E-state index contributed by atoms with van der Waals surface area (Å²) in [7, 11) is 0. The Morgan fingerprint density at radius 3 is 2.64 bits per heavy atom. The van der Waals surface area contributed by atoms with Crippen LogP contribution in [0, 0.1) is 10.1 Å². The Balaban J connectivity index is 2.93. The van der Waals surface area contributed by atoms with Crippen LogP contribution in [0.1, 0.15) is 6.93 Å². The molecule has 0 heterocycles. The molecule has 0 saturated heterocycles. The average molecular weight is 150 g/mol. The van der Waals surface area contributed by atoms with Gasteiger partial charge in [-0.15, -0.1) is 0 Å². The van der Waals surface area contributed by atoms with Crippen LogP contribution in [0.25, 0.3) is 6.08 Å². The van der Waals surface area contributed by atoms with E-state index in [0.717, 1.165) is 12.1 Å². The molecule has 0 aliphatic heterocycles. The van der Waals surface area contributed by atoms with Gasteiger partial charge in [0.15, 0.2) is 0 Å². The molecule has 3 nitrogen and oxygen atoms in total. The summed E-state index contributed by atoms with van der Waals surface area (Å²) in [5.74, 6) is 0. The van der Waals surface area contributed by atoms with Gasteiger partial charge >= 0.3 is 0 Å². The van der Waals surface area contributed by atoms with Crippen LogP contribution in [-0.4, -0.2) is 4.92 Å². The van der Waals surface area contributed by atoms with E-state index in [2.05, 4.69) is 0 Å². The zero-order valence-electron chi connectivity index (χ0n) is 6.73. The molecule has 0 radical (unpaired) electrons. The third kappa shape index (κ3) is 1.64. The van der Waals surface area contributed by atoms with E-state index in [1.54, 1.807) is 18.2 Å². The van der Waals surface area contributed by atoms with Gasteiger partial charge in [-0.3, -0.25) is 10.1 Å². The van der Waals surface area contributed by atoms with Gasteiger partial charge in [0, 0.05) is 12.1 Å². The Kier molecular flexibility index (Phi) is 1.64. The van der Waals surface area contributed by atoms with Gasteiger partial charge in [0.1, 0.15) is 0 Å². The molecule has 11 heavy (non-hydrogen) atoms. The summed E-state index contributed by atoms with van der Waals surface area (Å²) >= 11 is 0. The van der Waals surface area contributed by atoms with Crippen LogP contribution in [0.15, 0.2) is 30.8 Å². The summed E-state index contributed by atoms with van der Waals surface area (Å²) in [5.41, 5.74) is 0.854. The van der Waals surface area contributed by atoms with Crippen LogP contribution in [0.5, 0.6) is 0 Å². The van der Waals surface area contributed by atoms with Gasteiger partial charge in [0.2, 0.25) is 0 Å². The third-order valence-corrected chi connectivity index (χ3v) is 1.30. The lowest BCUT2D eigenvalue weighted by Crippen LogP contribution is -1.86. The Labute approximate surface area is 65.5 Å². The fourth-order valence-electron chi connectivity index (χ4n) is 0.707. The van der Waals surface area contributed by atoms with E-state index >= 15 is 0 Å². The van der Waals surface area contributed by atoms with Crippen LogP contribution in [0.3, 0.4) is 0 Å². The molecule has 0 saturated carbocycles. The minimum atomic E-state index is -0.450. The summed E-state index contributed by atoms with van der Waals surface area (Å²) in [6, 6.07) is 6.02. The van der Waals surface area contributed by atoms with Crippen molar-refractivity contribution in [1.82, 2.24) is 0 Å². The fourth-order valence-corrected chi connectivity index (χ4v) is 0.707. The number of benzene rings is 1. The smallest absolute Gasteiger partial charge is 0.258 e. The molecule has 0 aromatic heterocycles. The van der Waals surface area contributed by atoms with Crippen LogP contribution in [0.4, 0.5) is 5.69 Å². The van der Waals surface area contributed by atoms with Gasteiger partial charge < -0.3 is 0 Å². The normalized spacial score (nSPS) is 11.5. The van der Waals surface area contributed by atoms with Crippen LogP contribution < -0.4 is 0 Å². The lowest BCUT2D eigenvalue weighted by Gasteiger charge is -1.91. The number of hydrogen-bond donors (Lipinski definition) is 0. The Morgan fingerprint density at radius 2 is 2.18 bits per heavy atom. The zero-order chi connectivity index (χ0) is 8.97. The number of hydrogen-bond acceptors (Lipinski definition) is 2. The molecule has 0 unspecified atom stereocenters. The van der Waals surface area contributed by atoms with E-state index in [4.69, 9.17) is 1.37 Å². The predicted octanol–water partition coefficient (Wildman–Crippen LogP) is 2.24. The highest BCUT2D eigenvalue weighted by Gasteiger charge is 2.01. The molecule has 0 bridgehead atoms. The number of nitrogens with zero attached hydrogens (tertiary/aromatic N) is 1. The largest absolute Gasteiger partial charge is 0.269 e. The van der Waals surface area contributed by atoms with E-state index in [1.165, 1.54) is 12.1 Å². The first kappa shape index (κ1) is 6.09. The first-order valence-electron chi connectivity index (χ1n) is 3.61. The summed E-state index contributed by atoms with van der Waals surface area (Å²) in [6.45, 7) is 1.14. The van der Waals surface area contributed by atoms with Crippen molar-refractivity contribution in [2.45, 2.75) is 0 Å². The first-order valence-corrected chi connectivity index (χ1v) is 3.03. The highest BCUT2D eigenvalue weighted by molar-refractivity contribution is 5.49. The van der Waals surface area contributed by atoms with Crippen molar-refractivity contribution in [2.24, 2.45) is 0 Å². The van der Waals surface area contributed by atoms with E-state index in [-0.39, 0.29) is 5.69 Å². The van der Waals surface area contributed by atoms with Crippen molar-refractivity contribution < 1.29 is 6.29 Å². The van der Waals surface area contributed by atoms with Crippen LogP contribution in [-0.2, 0) is 0 Å². The van der Waals surface area contributed by atoms with Crippen LogP contribution in [0.2, 0.25) is 0 Å². The Morgan fingerprint density at radius 1 is 1.55 bits per heavy atom. The molecule has 0 aliphatic rings. The summed E-state index contributed by atoms with van der Waals surface area (Å²) in [6.07, 6.45) is 1.56. The van der Waals surface area contributed by atoms with Crippen molar-refractivity contribution in [3.63, 3.8) is 0 Å². The van der Waals surface area contributed by atoms with Crippen molar-refractivity contribution in [3.05, 3.63) is 46.5 Å². The SMILES string of the molecule is [2H]C=Cc1ccc([N+](=O)[O-])cc1. The van der Waals surface area contributed by atoms with Gasteiger partial charge in [-0.25, -0.2) is 0 Å². The van der Waals surface area contributed by atoms with E-state index in [0.29, 0.717) is 0 Å². The minimum Gasteiger partial charge on any atom is -0.258 e. The lowest BCUT2D eigenvalue weighted by molar-refractivity contribution is -0.384. The molecule has 0 N–H and O–H groups in total. The van der Waals surface area contributed by atoms with Crippen molar-refractivity contribution in [2.75, 3.05) is 0 Å². The third-order valence-electron chi connectivity index (χ3n) is 1.30. The molecule has 0 amide bonds. The summed E-state index contributed by atoms with van der Waals surface area (Å²) in [5, 5.41) is 10.2. The molecule has 56 valence electrons. The topological polar surface area (TPSA) is 43.1 Å². The lowest BCUT2D eigenvalue weighted by atomic mass is 10.2. The summed E-state index contributed by atoms with van der Waals surface area (Å²) in [4.78, 5) is 9.77. The van der Waals surface area contributed by atoms with Crippen LogP contribution >= 0.6 is 0 Å². The van der Waals surface area contributed by atoms with Crippen molar-refractivity contribution in [1.29, 1.82) is 0 Å². The van der Waals surface area contributed by atoms with Gasteiger partial charge in [-0.2, -0.15) is 0 Å². The second-order valence-electron chi connectivity index (χ2n) is 2.02. The number of nitro groups is 1. The molecule has 1 aromatic rings. The highest BCUT2D eigenvalue weighted by Crippen LogP contribution is 2.11. The molecule has 0 fully saturated rings. The van der Waals surface area contributed by atoms with Crippen molar-refractivity contribution >= 4 is 11.8 Å². The number of nitro benzene ring substituents is 1. The maximum Gasteiger partial charge on any atom is 0.269 e. The highest BCUT2D eigenvalue weighted by atomic mass is 16.6. The quantitative estimate of drug-likeness (QED) is 0.479. The zero-order valence-corrected chi connectivity index (χ0v) is 5.73. The molecule has 0 atom stereocenters. The van der Waals surface area contributed by atoms with Gasteiger partial charge in [-0.1, -0.05) is 12.6 Å². The molecule has 3 heteroatoms. The first-order chi connectivity index (χ1) is 5.74. The minimum absolute atomic E-state index is 0.0668. The average Bonchev–Trinajstić information content (AvgIpc) is 2.06.